The molecule has 4 rings (SSSR count). The average molecular weight is 479 g/mol. The van der Waals surface area contributed by atoms with Crippen LogP contribution in [-0.2, 0) is 13.6 Å². The Morgan fingerprint density at radius 1 is 0.875 bits per heavy atom. The summed E-state index contributed by atoms with van der Waals surface area (Å²) >= 11 is 0. The highest BCUT2D eigenvalue weighted by atomic mass is 28.4. The summed E-state index contributed by atoms with van der Waals surface area (Å²) in [5, 5.41) is 0. The van der Waals surface area contributed by atoms with Crippen LogP contribution in [-0.4, -0.2) is 35.1 Å². The average Bonchev–Trinajstić information content (AvgIpc) is 3.02. The van der Waals surface area contributed by atoms with E-state index in [0.717, 1.165) is 36.7 Å². The molecule has 4 aliphatic rings. The van der Waals surface area contributed by atoms with Gasteiger partial charge in [0.2, 0.25) is 0 Å². The van der Waals surface area contributed by atoms with Gasteiger partial charge in [-0.2, -0.15) is 0 Å². The third-order valence-electron chi connectivity index (χ3n) is 10.1. The summed E-state index contributed by atoms with van der Waals surface area (Å²) in [7, 11) is -3.08. The maximum absolute atomic E-state index is 12.5. The van der Waals surface area contributed by atoms with Crippen LogP contribution in [0.3, 0.4) is 0 Å². The second-order valence-electron chi connectivity index (χ2n) is 14.2. The van der Waals surface area contributed by atoms with Gasteiger partial charge in [-0.05, 0) is 138 Å². The van der Waals surface area contributed by atoms with Crippen molar-refractivity contribution in [1.82, 2.24) is 0 Å². The molecule has 0 radical (unpaired) electrons. The van der Waals surface area contributed by atoms with Gasteiger partial charge in [0, 0.05) is 18.6 Å². The Morgan fingerprint density at radius 2 is 1.59 bits per heavy atom. The van der Waals surface area contributed by atoms with Crippen LogP contribution in [0.15, 0.2) is 0 Å². The van der Waals surface area contributed by atoms with Crippen molar-refractivity contribution >= 4 is 22.4 Å². The standard InChI is InChI=1S/C27H50O3Si2/c1-19(28)23-11-12-24-22-10-9-20-17-21(30-32(6,7)8)13-16-27(20,18-29-31(3,4)5)25(22)14-15-26(23,24)2/h20-25H,9-18H2,1-8H3/t20-,21+,22-,23+,24-,25-,26+,27+/m0/s1. The normalized spacial score (nSPS) is 44.5. The van der Waals surface area contributed by atoms with Gasteiger partial charge in [-0.25, -0.2) is 0 Å². The summed E-state index contributed by atoms with van der Waals surface area (Å²) in [6.07, 6.45) is 11.9. The van der Waals surface area contributed by atoms with Crippen molar-refractivity contribution in [2.24, 2.45) is 40.4 Å². The number of fused-ring (bicyclic) bond motifs is 5. The minimum Gasteiger partial charge on any atom is -0.417 e. The molecule has 0 aromatic carbocycles. The van der Waals surface area contributed by atoms with Crippen LogP contribution in [0.5, 0.6) is 0 Å². The highest BCUT2D eigenvalue weighted by Crippen LogP contribution is 2.67. The molecule has 0 unspecified atom stereocenters. The van der Waals surface area contributed by atoms with E-state index in [4.69, 9.17) is 8.85 Å². The Kier molecular flexibility index (Phi) is 6.75. The molecule has 0 aromatic heterocycles. The van der Waals surface area contributed by atoms with Gasteiger partial charge in [0.1, 0.15) is 5.78 Å². The zero-order valence-electron chi connectivity index (χ0n) is 22.3. The van der Waals surface area contributed by atoms with Crippen LogP contribution in [0, 0.1) is 40.4 Å². The third-order valence-corrected chi connectivity index (χ3v) is 12.2. The fraction of sp³-hybridized carbons (Fsp3) is 0.963. The lowest BCUT2D eigenvalue weighted by Gasteiger charge is -2.62. The Hall–Kier alpha value is 0.0238. The Balaban J connectivity index is 1.60. The largest absolute Gasteiger partial charge is 0.417 e. The fourth-order valence-corrected chi connectivity index (χ4v) is 10.8. The fourth-order valence-electron chi connectivity index (χ4n) is 8.92. The van der Waals surface area contributed by atoms with Crippen LogP contribution >= 0.6 is 0 Å². The van der Waals surface area contributed by atoms with Crippen molar-refractivity contribution in [2.75, 3.05) is 6.61 Å². The number of ketones is 1. The van der Waals surface area contributed by atoms with Crippen molar-refractivity contribution in [2.45, 2.75) is 117 Å². The Morgan fingerprint density at radius 3 is 2.22 bits per heavy atom. The van der Waals surface area contributed by atoms with E-state index in [2.05, 4.69) is 46.2 Å². The molecule has 0 spiro atoms. The van der Waals surface area contributed by atoms with E-state index >= 15 is 0 Å². The second kappa shape index (κ2) is 8.60. The molecule has 5 heteroatoms. The predicted molar refractivity (Wildman–Crippen MR) is 138 cm³/mol. The van der Waals surface area contributed by atoms with Crippen molar-refractivity contribution in [1.29, 1.82) is 0 Å². The highest BCUT2D eigenvalue weighted by Gasteiger charge is 2.62. The predicted octanol–water partition coefficient (Wildman–Crippen LogP) is 7.29. The number of hydrogen-bond donors (Lipinski definition) is 0. The summed E-state index contributed by atoms with van der Waals surface area (Å²) in [6, 6.07) is 0. The van der Waals surface area contributed by atoms with E-state index in [0.29, 0.717) is 23.2 Å². The zero-order chi connectivity index (χ0) is 23.5. The van der Waals surface area contributed by atoms with E-state index in [-0.39, 0.29) is 5.41 Å². The Labute approximate surface area is 200 Å². The molecule has 32 heavy (non-hydrogen) atoms. The monoisotopic (exact) mass is 478 g/mol. The summed E-state index contributed by atoms with van der Waals surface area (Å²) in [4.78, 5) is 12.5. The van der Waals surface area contributed by atoms with Gasteiger partial charge in [-0.15, -0.1) is 0 Å². The molecular formula is C27H50O3Si2. The molecule has 0 bridgehead atoms. The van der Waals surface area contributed by atoms with Gasteiger partial charge in [-0.3, -0.25) is 4.79 Å². The SMILES string of the molecule is CC(=O)[C@H]1CC[C@H]2[C@@H]3CC[C@H]4C[C@H](O[Si](C)(C)C)CC[C@]4(CO[Si](C)(C)C)[C@H]3CC[C@]12C. The van der Waals surface area contributed by atoms with Gasteiger partial charge in [0.15, 0.2) is 16.6 Å². The lowest BCUT2D eigenvalue weighted by Crippen LogP contribution is -2.58. The minimum absolute atomic E-state index is 0.249. The Bertz CT molecular complexity index is 711. The molecule has 8 atom stereocenters. The third kappa shape index (κ3) is 4.62. The number of carbonyl (C=O) groups excluding carboxylic acids is 1. The first-order valence-corrected chi connectivity index (χ1v) is 20.4. The first kappa shape index (κ1) is 25.1. The first-order valence-electron chi connectivity index (χ1n) is 13.6. The molecule has 184 valence electrons. The number of rotatable bonds is 6. The van der Waals surface area contributed by atoms with Crippen LogP contribution in [0.4, 0.5) is 0 Å². The number of Topliss-reactive ketones (excluding diaryl/α,β-unsaturated/α-hetero) is 1. The maximum atomic E-state index is 12.5. The van der Waals surface area contributed by atoms with Gasteiger partial charge in [0.05, 0.1) is 0 Å². The van der Waals surface area contributed by atoms with E-state index in [1.165, 1.54) is 51.4 Å². The van der Waals surface area contributed by atoms with Crippen LogP contribution < -0.4 is 0 Å². The van der Waals surface area contributed by atoms with Crippen LogP contribution in [0.1, 0.15) is 71.6 Å². The molecule has 4 aliphatic carbocycles. The summed E-state index contributed by atoms with van der Waals surface area (Å²) < 4.78 is 13.4. The summed E-state index contributed by atoms with van der Waals surface area (Å²) in [6.45, 7) is 19.4. The molecule has 4 fully saturated rings. The quantitative estimate of drug-likeness (QED) is 0.376. The van der Waals surface area contributed by atoms with E-state index in [1.54, 1.807) is 0 Å². The minimum atomic E-state index is -1.57. The number of hydrogen-bond acceptors (Lipinski definition) is 3. The summed E-state index contributed by atoms with van der Waals surface area (Å²) in [5.41, 5.74) is 0.594. The molecule has 0 N–H and O–H groups in total. The molecule has 3 nitrogen and oxygen atoms in total. The van der Waals surface area contributed by atoms with Gasteiger partial charge in [-0.1, -0.05) is 6.92 Å². The van der Waals surface area contributed by atoms with Gasteiger partial charge < -0.3 is 8.85 Å². The molecule has 0 heterocycles. The maximum Gasteiger partial charge on any atom is 0.184 e. The highest BCUT2D eigenvalue weighted by molar-refractivity contribution is 6.70. The first-order chi connectivity index (χ1) is 14.8. The molecule has 0 aromatic rings. The lowest BCUT2D eigenvalue weighted by molar-refractivity contribution is -0.153. The van der Waals surface area contributed by atoms with Crippen molar-refractivity contribution < 1.29 is 13.6 Å². The lowest BCUT2D eigenvalue weighted by atomic mass is 9.44. The van der Waals surface area contributed by atoms with Gasteiger partial charge in [0.25, 0.3) is 0 Å². The molecule has 0 aliphatic heterocycles. The summed E-state index contributed by atoms with van der Waals surface area (Å²) in [5.74, 6) is 3.84. The second-order valence-corrected chi connectivity index (χ2v) is 23.2. The van der Waals surface area contributed by atoms with Crippen molar-refractivity contribution in [3.8, 4) is 0 Å². The van der Waals surface area contributed by atoms with E-state index in [9.17, 15) is 4.79 Å². The molecule has 0 saturated heterocycles. The topological polar surface area (TPSA) is 35.5 Å². The van der Waals surface area contributed by atoms with Crippen LogP contribution in [0.25, 0.3) is 0 Å². The molecular weight excluding hydrogens is 428 g/mol. The van der Waals surface area contributed by atoms with E-state index < -0.39 is 16.6 Å². The van der Waals surface area contributed by atoms with Gasteiger partial charge >= 0.3 is 0 Å². The smallest absolute Gasteiger partial charge is 0.184 e. The molecule has 0 amide bonds. The number of carbonyl (C=O) groups is 1. The zero-order valence-corrected chi connectivity index (χ0v) is 24.3. The molecule has 4 saturated carbocycles. The van der Waals surface area contributed by atoms with Crippen molar-refractivity contribution in [3.05, 3.63) is 0 Å². The van der Waals surface area contributed by atoms with Crippen molar-refractivity contribution in [3.63, 3.8) is 0 Å². The van der Waals surface area contributed by atoms with Crippen LogP contribution in [0.2, 0.25) is 39.3 Å². The van der Waals surface area contributed by atoms with E-state index in [1.807, 2.05) is 6.92 Å².